The van der Waals surface area contributed by atoms with E-state index in [0.29, 0.717) is 18.7 Å². The Morgan fingerprint density at radius 1 is 1.29 bits per heavy atom. The van der Waals surface area contributed by atoms with Crippen molar-refractivity contribution in [1.82, 2.24) is 25.1 Å². The van der Waals surface area contributed by atoms with Crippen LogP contribution < -0.4 is 0 Å². The van der Waals surface area contributed by atoms with Crippen LogP contribution in [0, 0.1) is 0 Å². The monoisotopic (exact) mass is 287 g/mol. The van der Waals surface area contributed by atoms with Gasteiger partial charge in [-0.05, 0) is 42.5 Å². The van der Waals surface area contributed by atoms with E-state index in [9.17, 15) is 4.79 Å². The minimum Gasteiger partial charge on any atom is -0.372 e. The molecule has 0 radical (unpaired) electrons. The highest BCUT2D eigenvalue weighted by Gasteiger charge is 2.26. The van der Waals surface area contributed by atoms with Crippen LogP contribution in [0.4, 0.5) is 0 Å². The standard InChI is InChI=1S/C14H17N5O2/c1-10-7-18(8-11(2)21-10)14(20)12-4-3-5-13(6-12)19-9-15-16-17-19/h3-6,9-11H,7-8H2,1-2H3/t10-,11-/m0/s1. The minimum atomic E-state index is 0.00641. The number of morpholine rings is 1. The lowest BCUT2D eigenvalue weighted by Crippen LogP contribution is -2.48. The van der Waals surface area contributed by atoms with Gasteiger partial charge in [-0.2, -0.15) is 0 Å². The van der Waals surface area contributed by atoms with Gasteiger partial charge < -0.3 is 9.64 Å². The summed E-state index contributed by atoms with van der Waals surface area (Å²) < 4.78 is 7.19. The lowest BCUT2D eigenvalue weighted by molar-refractivity contribution is -0.0586. The number of aromatic nitrogens is 4. The van der Waals surface area contributed by atoms with Crippen molar-refractivity contribution in [3.05, 3.63) is 36.2 Å². The molecule has 1 fully saturated rings. The van der Waals surface area contributed by atoms with E-state index in [-0.39, 0.29) is 18.1 Å². The summed E-state index contributed by atoms with van der Waals surface area (Å²) in [5.41, 5.74) is 1.39. The molecule has 1 aromatic carbocycles. The topological polar surface area (TPSA) is 73.1 Å². The molecule has 21 heavy (non-hydrogen) atoms. The average Bonchev–Trinajstić information content (AvgIpc) is 3.00. The van der Waals surface area contributed by atoms with Crippen molar-refractivity contribution in [2.75, 3.05) is 13.1 Å². The largest absolute Gasteiger partial charge is 0.372 e. The fraction of sp³-hybridized carbons (Fsp3) is 0.429. The van der Waals surface area contributed by atoms with Crippen LogP contribution in [0.5, 0.6) is 0 Å². The maximum atomic E-state index is 12.6. The second-order valence-corrected chi connectivity index (χ2v) is 5.27. The van der Waals surface area contributed by atoms with Crippen LogP contribution in [0.15, 0.2) is 30.6 Å². The Bertz CT molecular complexity index is 618. The van der Waals surface area contributed by atoms with Gasteiger partial charge in [-0.15, -0.1) is 5.10 Å². The molecular weight excluding hydrogens is 270 g/mol. The van der Waals surface area contributed by atoms with E-state index in [0.717, 1.165) is 5.69 Å². The molecule has 2 aromatic rings. The number of tetrazole rings is 1. The van der Waals surface area contributed by atoms with Gasteiger partial charge in [0.15, 0.2) is 0 Å². The highest BCUT2D eigenvalue weighted by atomic mass is 16.5. The number of benzene rings is 1. The molecule has 7 nitrogen and oxygen atoms in total. The van der Waals surface area contributed by atoms with Crippen LogP contribution in [-0.2, 0) is 4.74 Å². The summed E-state index contributed by atoms with van der Waals surface area (Å²) in [6.07, 6.45) is 1.61. The van der Waals surface area contributed by atoms with Crippen LogP contribution >= 0.6 is 0 Å². The van der Waals surface area contributed by atoms with Gasteiger partial charge in [0.1, 0.15) is 6.33 Å². The molecule has 1 amide bonds. The summed E-state index contributed by atoms with van der Waals surface area (Å²) in [5, 5.41) is 11.0. The van der Waals surface area contributed by atoms with Crippen LogP contribution in [0.2, 0.25) is 0 Å². The molecule has 0 spiro atoms. The number of carbonyl (C=O) groups is 1. The minimum absolute atomic E-state index is 0.00641. The predicted octanol–water partition coefficient (Wildman–Crippen LogP) is 0.912. The van der Waals surface area contributed by atoms with E-state index in [1.807, 2.05) is 30.9 Å². The van der Waals surface area contributed by atoms with Crippen molar-refractivity contribution in [2.45, 2.75) is 26.1 Å². The molecular formula is C14H17N5O2. The number of carbonyl (C=O) groups excluding carboxylic acids is 1. The fourth-order valence-corrected chi connectivity index (χ4v) is 2.59. The number of nitrogens with zero attached hydrogens (tertiary/aromatic N) is 5. The zero-order chi connectivity index (χ0) is 14.8. The van der Waals surface area contributed by atoms with Crippen LogP contribution in [0.3, 0.4) is 0 Å². The molecule has 0 N–H and O–H groups in total. The first kappa shape index (κ1) is 13.7. The van der Waals surface area contributed by atoms with Gasteiger partial charge in [0.25, 0.3) is 5.91 Å². The molecule has 0 unspecified atom stereocenters. The Labute approximate surface area is 122 Å². The first-order valence-electron chi connectivity index (χ1n) is 6.91. The van der Waals surface area contributed by atoms with E-state index < -0.39 is 0 Å². The quantitative estimate of drug-likeness (QED) is 0.821. The molecule has 0 saturated carbocycles. The van der Waals surface area contributed by atoms with E-state index in [1.165, 1.54) is 11.0 Å². The first-order valence-corrected chi connectivity index (χ1v) is 6.91. The lowest BCUT2D eigenvalue weighted by Gasteiger charge is -2.35. The van der Waals surface area contributed by atoms with Gasteiger partial charge in [-0.1, -0.05) is 6.07 Å². The Kier molecular flexibility index (Phi) is 3.66. The average molecular weight is 287 g/mol. The molecule has 2 heterocycles. The smallest absolute Gasteiger partial charge is 0.254 e. The van der Waals surface area contributed by atoms with E-state index >= 15 is 0 Å². The lowest BCUT2D eigenvalue weighted by atomic mass is 10.1. The second kappa shape index (κ2) is 5.61. The molecule has 2 atom stereocenters. The van der Waals surface area contributed by atoms with Crippen molar-refractivity contribution >= 4 is 5.91 Å². The van der Waals surface area contributed by atoms with E-state index in [1.54, 1.807) is 12.1 Å². The number of hydrogen-bond donors (Lipinski definition) is 0. The molecule has 1 aromatic heterocycles. The maximum absolute atomic E-state index is 12.6. The zero-order valence-electron chi connectivity index (χ0n) is 12.0. The summed E-state index contributed by atoms with van der Waals surface area (Å²) >= 11 is 0. The molecule has 0 aliphatic carbocycles. The summed E-state index contributed by atoms with van der Waals surface area (Å²) in [4.78, 5) is 14.5. The summed E-state index contributed by atoms with van der Waals surface area (Å²) in [5.74, 6) is 0.00641. The van der Waals surface area contributed by atoms with Crippen molar-refractivity contribution < 1.29 is 9.53 Å². The van der Waals surface area contributed by atoms with Gasteiger partial charge in [-0.25, -0.2) is 4.68 Å². The van der Waals surface area contributed by atoms with Gasteiger partial charge in [-0.3, -0.25) is 4.79 Å². The zero-order valence-corrected chi connectivity index (χ0v) is 12.0. The summed E-state index contributed by atoms with van der Waals surface area (Å²) in [6.45, 7) is 5.18. The normalized spacial score (nSPS) is 22.3. The van der Waals surface area contributed by atoms with Crippen molar-refractivity contribution in [1.29, 1.82) is 0 Å². The van der Waals surface area contributed by atoms with Crippen molar-refractivity contribution in [3.63, 3.8) is 0 Å². The van der Waals surface area contributed by atoms with Crippen LogP contribution in [0.25, 0.3) is 5.69 Å². The Hall–Kier alpha value is -2.28. The molecule has 1 aliphatic rings. The summed E-state index contributed by atoms with van der Waals surface area (Å²) in [6, 6.07) is 7.29. The number of rotatable bonds is 2. The molecule has 7 heteroatoms. The third-order valence-electron chi connectivity index (χ3n) is 3.41. The maximum Gasteiger partial charge on any atom is 0.254 e. The van der Waals surface area contributed by atoms with Crippen molar-refractivity contribution in [2.24, 2.45) is 0 Å². The van der Waals surface area contributed by atoms with Gasteiger partial charge in [0.05, 0.1) is 17.9 Å². The molecule has 1 saturated heterocycles. The first-order chi connectivity index (χ1) is 10.1. The number of hydrogen-bond acceptors (Lipinski definition) is 5. The van der Waals surface area contributed by atoms with Gasteiger partial charge >= 0.3 is 0 Å². The Balaban J connectivity index is 1.83. The number of ether oxygens (including phenoxy) is 1. The molecule has 110 valence electrons. The number of amides is 1. The van der Waals surface area contributed by atoms with Gasteiger partial charge in [0, 0.05) is 18.7 Å². The molecule has 3 rings (SSSR count). The molecule has 1 aliphatic heterocycles. The third kappa shape index (κ3) is 2.92. The highest BCUT2D eigenvalue weighted by Crippen LogP contribution is 2.16. The fourth-order valence-electron chi connectivity index (χ4n) is 2.59. The summed E-state index contributed by atoms with van der Waals surface area (Å²) in [7, 11) is 0. The third-order valence-corrected chi connectivity index (χ3v) is 3.41. The Morgan fingerprint density at radius 3 is 2.71 bits per heavy atom. The van der Waals surface area contributed by atoms with Crippen LogP contribution in [-0.4, -0.2) is 56.3 Å². The predicted molar refractivity (Wildman–Crippen MR) is 75.1 cm³/mol. The SMILES string of the molecule is C[C@H]1CN(C(=O)c2cccc(-n3cnnn3)c2)C[C@H](C)O1. The Morgan fingerprint density at radius 2 is 2.05 bits per heavy atom. The van der Waals surface area contributed by atoms with Crippen LogP contribution in [0.1, 0.15) is 24.2 Å². The van der Waals surface area contributed by atoms with E-state index in [2.05, 4.69) is 15.5 Å². The van der Waals surface area contributed by atoms with E-state index in [4.69, 9.17) is 4.74 Å². The van der Waals surface area contributed by atoms with Gasteiger partial charge in [0.2, 0.25) is 0 Å². The highest BCUT2D eigenvalue weighted by molar-refractivity contribution is 5.94. The second-order valence-electron chi connectivity index (χ2n) is 5.27. The molecule has 0 bridgehead atoms. The van der Waals surface area contributed by atoms with Crippen molar-refractivity contribution in [3.8, 4) is 5.69 Å².